The Morgan fingerprint density at radius 3 is 2.88 bits per heavy atom. The van der Waals surface area contributed by atoms with Crippen LogP contribution in [0.3, 0.4) is 0 Å². The van der Waals surface area contributed by atoms with Crippen LogP contribution in [0.25, 0.3) is 0 Å². The van der Waals surface area contributed by atoms with Gasteiger partial charge in [-0.25, -0.2) is 8.42 Å². The molecule has 8 heteroatoms. The van der Waals surface area contributed by atoms with Gasteiger partial charge in [0.25, 0.3) is 0 Å². The highest BCUT2D eigenvalue weighted by molar-refractivity contribution is 7.90. The lowest BCUT2D eigenvalue weighted by Crippen LogP contribution is -2.37. The fourth-order valence-corrected chi connectivity index (χ4v) is 1.66. The standard InChI is InChI=1S/C8H13N3O4S/c1-16(13,14)3-2-7(9)8(12)11-6-4-10-15-5-6/h4-5,7H,2-3,9H2,1H3,(H,11,12). The van der Waals surface area contributed by atoms with Crippen molar-refractivity contribution in [2.24, 2.45) is 5.73 Å². The highest BCUT2D eigenvalue weighted by Gasteiger charge is 2.16. The van der Waals surface area contributed by atoms with Gasteiger partial charge in [0.15, 0.2) is 0 Å². The van der Waals surface area contributed by atoms with Crippen LogP contribution >= 0.6 is 0 Å². The Morgan fingerprint density at radius 2 is 2.38 bits per heavy atom. The maximum Gasteiger partial charge on any atom is 0.241 e. The molecule has 16 heavy (non-hydrogen) atoms. The molecule has 0 bridgehead atoms. The highest BCUT2D eigenvalue weighted by Crippen LogP contribution is 2.05. The van der Waals surface area contributed by atoms with E-state index in [0.717, 1.165) is 6.26 Å². The molecule has 0 fully saturated rings. The van der Waals surface area contributed by atoms with Crippen LogP contribution < -0.4 is 11.1 Å². The summed E-state index contributed by atoms with van der Waals surface area (Å²) in [5.74, 6) is -0.586. The molecular formula is C8H13N3O4S. The van der Waals surface area contributed by atoms with Gasteiger partial charge in [0.2, 0.25) is 5.91 Å². The van der Waals surface area contributed by atoms with Gasteiger partial charge in [0.1, 0.15) is 21.8 Å². The van der Waals surface area contributed by atoms with Gasteiger partial charge in [-0.05, 0) is 6.42 Å². The van der Waals surface area contributed by atoms with Gasteiger partial charge in [0, 0.05) is 6.26 Å². The number of carbonyl (C=O) groups is 1. The van der Waals surface area contributed by atoms with E-state index in [0.29, 0.717) is 5.69 Å². The molecule has 1 aromatic heterocycles. The fraction of sp³-hybridized carbons (Fsp3) is 0.500. The summed E-state index contributed by atoms with van der Waals surface area (Å²) >= 11 is 0. The van der Waals surface area contributed by atoms with Crippen LogP contribution in [0.1, 0.15) is 6.42 Å². The number of anilines is 1. The summed E-state index contributed by atoms with van der Waals surface area (Å²) in [6.07, 6.45) is 3.75. The third kappa shape index (κ3) is 4.41. The van der Waals surface area contributed by atoms with Crippen LogP contribution in [0.5, 0.6) is 0 Å². The van der Waals surface area contributed by atoms with E-state index in [-0.39, 0.29) is 12.2 Å². The SMILES string of the molecule is CS(=O)(=O)CCC(N)C(=O)Nc1cnoc1. The molecular weight excluding hydrogens is 234 g/mol. The van der Waals surface area contributed by atoms with Crippen molar-refractivity contribution in [3.05, 3.63) is 12.5 Å². The lowest BCUT2D eigenvalue weighted by molar-refractivity contribution is -0.117. The number of aromatic nitrogens is 1. The number of hydrogen-bond donors (Lipinski definition) is 2. The van der Waals surface area contributed by atoms with E-state index >= 15 is 0 Å². The monoisotopic (exact) mass is 247 g/mol. The predicted octanol–water partition coefficient (Wildman–Crippen LogP) is -0.625. The summed E-state index contributed by atoms with van der Waals surface area (Å²) in [4.78, 5) is 11.4. The van der Waals surface area contributed by atoms with E-state index < -0.39 is 21.8 Å². The second-order valence-electron chi connectivity index (χ2n) is 3.43. The third-order valence-corrected chi connectivity index (χ3v) is 2.81. The molecule has 0 spiro atoms. The number of rotatable bonds is 5. The van der Waals surface area contributed by atoms with Crippen molar-refractivity contribution in [1.29, 1.82) is 0 Å². The zero-order valence-electron chi connectivity index (χ0n) is 8.71. The molecule has 1 rings (SSSR count). The van der Waals surface area contributed by atoms with Crippen LogP contribution in [-0.4, -0.2) is 37.5 Å². The molecule has 0 aliphatic carbocycles. The summed E-state index contributed by atoms with van der Waals surface area (Å²) in [5.41, 5.74) is 5.90. The number of carbonyl (C=O) groups excluding carboxylic acids is 1. The summed E-state index contributed by atoms with van der Waals surface area (Å²) < 4.78 is 26.2. The quantitative estimate of drug-likeness (QED) is 0.716. The van der Waals surface area contributed by atoms with Crippen LogP contribution in [0.2, 0.25) is 0 Å². The average Bonchev–Trinajstić information content (AvgIpc) is 2.65. The van der Waals surface area contributed by atoms with Crippen molar-refractivity contribution >= 4 is 21.4 Å². The Labute approximate surface area is 92.9 Å². The molecule has 1 aromatic rings. The molecule has 1 atom stereocenters. The molecule has 0 aromatic carbocycles. The van der Waals surface area contributed by atoms with Crippen molar-refractivity contribution in [3.63, 3.8) is 0 Å². The summed E-state index contributed by atoms with van der Waals surface area (Å²) in [7, 11) is -3.11. The molecule has 0 aliphatic rings. The van der Waals surface area contributed by atoms with Crippen LogP contribution in [0.4, 0.5) is 5.69 Å². The summed E-state index contributed by atoms with van der Waals surface area (Å²) in [6.45, 7) is 0. The van der Waals surface area contributed by atoms with E-state index in [9.17, 15) is 13.2 Å². The molecule has 1 heterocycles. The van der Waals surface area contributed by atoms with Crippen molar-refractivity contribution in [1.82, 2.24) is 5.16 Å². The number of nitrogens with zero attached hydrogens (tertiary/aromatic N) is 1. The zero-order valence-corrected chi connectivity index (χ0v) is 9.53. The van der Waals surface area contributed by atoms with E-state index in [2.05, 4.69) is 15.0 Å². The number of nitrogens with two attached hydrogens (primary N) is 1. The number of hydrogen-bond acceptors (Lipinski definition) is 6. The summed E-state index contributed by atoms with van der Waals surface area (Å²) in [5, 5.41) is 5.84. The minimum atomic E-state index is -3.11. The van der Waals surface area contributed by atoms with Crippen LogP contribution in [-0.2, 0) is 14.6 Å². The molecule has 0 aliphatic heterocycles. The van der Waals surface area contributed by atoms with Gasteiger partial charge in [-0.15, -0.1) is 0 Å². The number of amides is 1. The third-order valence-electron chi connectivity index (χ3n) is 1.84. The molecule has 90 valence electrons. The smallest absolute Gasteiger partial charge is 0.241 e. The Hall–Kier alpha value is -1.41. The number of sulfone groups is 1. The average molecular weight is 247 g/mol. The Kier molecular flexibility index (Phi) is 4.02. The maximum absolute atomic E-state index is 11.4. The first-order valence-corrected chi connectivity index (χ1v) is 6.58. The fourth-order valence-electron chi connectivity index (χ4n) is 0.974. The number of nitrogens with one attached hydrogen (secondary N) is 1. The Balaban J connectivity index is 2.42. The topological polar surface area (TPSA) is 115 Å². The zero-order chi connectivity index (χ0) is 12.2. The minimum Gasteiger partial charge on any atom is -0.363 e. The molecule has 0 radical (unpaired) electrons. The van der Waals surface area contributed by atoms with E-state index in [1.54, 1.807) is 0 Å². The largest absolute Gasteiger partial charge is 0.363 e. The van der Waals surface area contributed by atoms with Gasteiger partial charge in [-0.1, -0.05) is 5.16 Å². The molecule has 7 nitrogen and oxygen atoms in total. The Morgan fingerprint density at radius 1 is 1.69 bits per heavy atom. The first-order chi connectivity index (χ1) is 7.38. The normalized spacial score (nSPS) is 13.4. The maximum atomic E-state index is 11.4. The first kappa shape index (κ1) is 12.7. The molecule has 1 amide bonds. The van der Waals surface area contributed by atoms with E-state index in [1.165, 1.54) is 12.5 Å². The van der Waals surface area contributed by atoms with Crippen molar-refractivity contribution in [2.45, 2.75) is 12.5 Å². The van der Waals surface area contributed by atoms with Crippen molar-refractivity contribution in [3.8, 4) is 0 Å². The Bertz CT molecular complexity index is 440. The van der Waals surface area contributed by atoms with Gasteiger partial charge >= 0.3 is 0 Å². The van der Waals surface area contributed by atoms with Gasteiger partial charge < -0.3 is 15.6 Å². The van der Waals surface area contributed by atoms with E-state index in [1.807, 2.05) is 0 Å². The van der Waals surface area contributed by atoms with Gasteiger partial charge in [0.05, 0.1) is 18.0 Å². The predicted molar refractivity (Wildman–Crippen MR) is 57.4 cm³/mol. The minimum absolute atomic E-state index is 0.0793. The first-order valence-electron chi connectivity index (χ1n) is 4.52. The van der Waals surface area contributed by atoms with Gasteiger partial charge in [-0.3, -0.25) is 4.79 Å². The summed E-state index contributed by atoms with van der Waals surface area (Å²) in [6, 6.07) is -0.871. The second kappa shape index (κ2) is 5.08. The van der Waals surface area contributed by atoms with Crippen molar-refractivity contribution in [2.75, 3.05) is 17.3 Å². The van der Waals surface area contributed by atoms with Gasteiger partial charge in [-0.2, -0.15) is 0 Å². The second-order valence-corrected chi connectivity index (χ2v) is 5.69. The van der Waals surface area contributed by atoms with Crippen LogP contribution in [0.15, 0.2) is 17.0 Å². The highest BCUT2D eigenvalue weighted by atomic mass is 32.2. The molecule has 0 saturated heterocycles. The lowest BCUT2D eigenvalue weighted by atomic mass is 10.2. The molecule has 0 saturated carbocycles. The van der Waals surface area contributed by atoms with Crippen molar-refractivity contribution < 1.29 is 17.7 Å². The molecule has 3 N–H and O–H groups in total. The lowest BCUT2D eigenvalue weighted by Gasteiger charge is -2.09. The van der Waals surface area contributed by atoms with E-state index in [4.69, 9.17) is 5.73 Å². The molecule has 1 unspecified atom stereocenters. The van der Waals surface area contributed by atoms with Crippen LogP contribution in [0, 0.1) is 0 Å².